The van der Waals surface area contributed by atoms with Crippen molar-refractivity contribution in [3.63, 3.8) is 0 Å². The minimum absolute atomic E-state index is 0.158. The summed E-state index contributed by atoms with van der Waals surface area (Å²) in [6.07, 6.45) is 4.75. The van der Waals surface area contributed by atoms with Crippen LogP contribution in [0.4, 0.5) is 10.1 Å². The monoisotopic (exact) mass is 666 g/mol. The normalized spacial score (nSPS) is 15.2. The number of thioether (sulfide) groups is 1. The number of rotatable bonds is 9. The van der Waals surface area contributed by atoms with Crippen LogP contribution in [0, 0.1) is 5.82 Å². The predicted molar refractivity (Wildman–Crippen MR) is 166 cm³/mol. The van der Waals surface area contributed by atoms with Gasteiger partial charge in [-0.25, -0.2) is 4.39 Å². The number of nitrogens with zero attached hydrogens (tertiary/aromatic N) is 3. The smallest absolute Gasteiger partial charge is 0.267 e. The Morgan fingerprint density at radius 2 is 1.90 bits per heavy atom. The summed E-state index contributed by atoms with van der Waals surface area (Å²) in [5.41, 5.74) is 1.77. The highest BCUT2D eigenvalue weighted by atomic mass is 79.9. The molecule has 1 aliphatic heterocycles. The van der Waals surface area contributed by atoms with Gasteiger partial charge in [-0.3, -0.25) is 14.5 Å². The van der Waals surface area contributed by atoms with Gasteiger partial charge < -0.3 is 14.5 Å². The molecule has 1 aromatic heterocycles. The number of hydrogen-bond donors (Lipinski definition) is 1. The Labute approximate surface area is 258 Å². The lowest BCUT2D eigenvalue weighted by molar-refractivity contribution is -0.122. The molecule has 2 heterocycles. The van der Waals surface area contributed by atoms with E-state index in [1.54, 1.807) is 42.6 Å². The zero-order chi connectivity index (χ0) is 29.5. The number of furan rings is 1. The van der Waals surface area contributed by atoms with Crippen LogP contribution >= 0.6 is 39.3 Å². The molecule has 4 aromatic rings. The van der Waals surface area contributed by atoms with E-state index < -0.39 is 11.7 Å². The van der Waals surface area contributed by atoms with Gasteiger partial charge >= 0.3 is 0 Å². The Morgan fingerprint density at radius 3 is 2.64 bits per heavy atom. The van der Waals surface area contributed by atoms with E-state index in [4.69, 9.17) is 20.8 Å². The zero-order valence-electron chi connectivity index (χ0n) is 21.7. The molecule has 8 nitrogen and oxygen atoms in total. The average Bonchev–Trinajstić information content (AvgIpc) is 3.59. The number of carbonyl (C=O) groups excluding carboxylic acids is 2. The van der Waals surface area contributed by atoms with Gasteiger partial charge in [0.15, 0.2) is 11.8 Å². The number of benzene rings is 3. The number of anilines is 1. The molecule has 42 heavy (non-hydrogen) atoms. The van der Waals surface area contributed by atoms with E-state index in [1.165, 1.54) is 35.4 Å². The van der Waals surface area contributed by atoms with Crippen LogP contribution in [-0.2, 0) is 16.1 Å². The number of carbonyl (C=O) groups is 2. The lowest BCUT2D eigenvalue weighted by Crippen LogP contribution is -2.28. The summed E-state index contributed by atoms with van der Waals surface area (Å²) in [5.74, 6) is -0.243. The minimum Gasteiger partial charge on any atom is -0.483 e. The van der Waals surface area contributed by atoms with Gasteiger partial charge in [-0.2, -0.15) is 5.10 Å². The Kier molecular flexibility index (Phi) is 9.52. The van der Waals surface area contributed by atoms with E-state index in [1.807, 2.05) is 24.3 Å². The number of amidine groups is 1. The minimum atomic E-state index is -0.441. The summed E-state index contributed by atoms with van der Waals surface area (Å²) in [7, 11) is 0. The van der Waals surface area contributed by atoms with E-state index in [9.17, 15) is 14.0 Å². The van der Waals surface area contributed by atoms with Crippen LogP contribution in [-0.4, -0.2) is 34.7 Å². The molecular formula is C30H21BrClFN4O4S. The maximum Gasteiger partial charge on any atom is 0.267 e. The topological polar surface area (TPSA) is 96.5 Å². The second kappa shape index (κ2) is 13.6. The molecule has 1 aliphatic rings. The second-order valence-corrected chi connectivity index (χ2v) is 11.1. The van der Waals surface area contributed by atoms with Gasteiger partial charge in [-0.15, -0.1) is 5.10 Å². The van der Waals surface area contributed by atoms with Crippen molar-refractivity contribution in [1.82, 2.24) is 4.90 Å². The number of halogens is 3. The van der Waals surface area contributed by atoms with Gasteiger partial charge in [0.2, 0.25) is 0 Å². The fourth-order valence-electron chi connectivity index (χ4n) is 3.75. The van der Waals surface area contributed by atoms with Crippen LogP contribution in [0.15, 0.2) is 109 Å². The molecule has 0 unspecified atom stereocenters. The Morgan fingerprint density at radius 1 is 1.12 bits per heavy atom. The third-order valence-corrected chi connectivity index (χ3v) is 7.51. The molecule has 1 fully saturated rings. The van der Waals surface area contributed by atoms with Gasteiger partial charge in [0.1, 0.15) is 17.3 Å². The first kappa shape index (κ1) is 29.3. The van der Waals surface area contributed by atoms with E-state index in [-0.39, 0.29) is 19.1 Å². The van der Waals surface area contributed by atoms with Gasteiger partial charge in [0.25, 0.3) is 11.8 Å². The molecule has 12 heteroatoms. The van der Waals surface area contributed by atoms with Crippen LogP contribution in [0.1, 0.15) is 16.9 Å². The van der Waals surface area contributed by atoms with Crippen LogP contribution in [0.25, 0.3) is 6.08 Å². The highest BCUT2D eigenvalue weighted by Crippen LogP contribution is 2.36. The molecule has 212 valence electrons. The third kappa shape index (κ3) is 7.75. The van der Waals surface area contributed by atoms with Crippen molar-refractivity contribution in [2.45, 2.75) is 6.54 Å². The number of nitrogens with one attached hydrogen (secondary N) is 1. The fraction of sp³-hybridized carbons (Fsp3) is 0.0667. The second-order valence-electron chi connectivity index (χ2n) is 8.79. The average molecular weight is 668 g/mol. The van der Waals surface area contributed by atoms with E-state index in [0.29, 0.717) is 37.9 Å². The van der Waals surface area contributed by atoms with Crippen LogP contribution in [0.2, 0.25) is 5.02 Å². The SMILES string of the molecule is O=C(COc1ccc(Cl)cc1/C=C1\S/C(=N\N=C\c2ccc(Br)cc2)N(Cc2ccco2)C1=O)Nc1ccc(F)cc1. The number of amides is 2. The quantitative estimate of drug-likeness (QED) is 0.114. The van der Waals surface area contributed by atoms with Crippen LogP contribution < -0.4 is 10.1 Å². The fourth-order valence-corrected chi connectivity index (χ4v) is 5.12. The van der Waals surface area contributed by atoms with Crippen molar-refractivity contribution in [3.05, 3.63) is 122 Å². The molecule has 2 amide bonds. The summed E-state index contributed by atoms with van der Waals surface area (Å²) < 4.78 is 25.3. The van der Waals surface area contributed by atoms with E-state index in [2.05, 4.69) is 31.4 Å². The van der Waals surface area contributed by atoms with Crippen molar-refractivity contribution < 1.29 is 23.1 Å². The van der Waals surface area contributed by atoms with Crippen molar-refractivity contribution in [3.8, 4) is 5.75 Å². The lowest BCUT2D eigenvalue weighted by Gasteiger charge is -2.13. The molecule has 0 aliphatic carbocycles. The van der Waals surface area contributed by atoms with Gasteiger partial charge in [-0.1, -0.05) is 39.7 Å². The first-order chi connectivity index (χ1) is 20.3. The molecule has 3 aromatic carbocycles. The first-order valence-electron chi connectivity index (χ1n) is 12.4. The highest BCUT2D eigenvalue weighted by Gasteiger charge is 2.34. The molecule has 0 atom stereocenters. The first-order valence-corrected chi connectivity index (χ1v) is 14.4. The van der Waals surface area contributed by atoms with Crippen LogP contribution in [0.3, 0.4) is 0 Å². The summed E-state index contributed by atoms with van der Waals surface area (Å²) >= 11 is 10.8. The van der Waals surface area contributed by atoms with Gasteiger partial charge in [-0.05, 0) is 90.1 Å². The maximum atomic E-state index is 13.5. The zero-order valence-corrected chi connectivity index (χ0v) is 24.8. The summed E-state index contributed by atoms with van der Waals surface area (Å²) in [5, 5.41) is 11.9. The van der Waals surface area contributed by atoms with Crippen LogP contribution in [0.5, 0.6) is 5.75 Å². The molecule has 0 saturated carbocycles. The predicted octanol–water partition coefficient (Wildman–Crippen LogP) is 7.36. The Hall–Kier alpha value is -4.19. The molecule has 1 saturated heterocycles. The Balaban J connectivity index is 1.36. The van der Waals surface area contributed by atoms with E-state index in [0.717, 1.165) is 21.8 Å². The standard InChI is InChI=1S/C30H21BrClFN4O4S/c31-21-5-3-19(4-6-21)16-34-36-30-37(17-25-2-1-13-40-25)29(39)27(42-30)15-20-14-22(32)7-12-26(20)41-18-28(38)35-24-10-8-23(33)9-11-24/h1-16H,17-18H2,(H,35,38)/b27-15-,34-16+,36-30-. The number of ether oxygens (including phenoxy) is 1. The third-order valence-electron chi connectivity index (χ3n) is 5.75. The van der Waals surface area contributed by atoms with Gasteiger partial charge in [0.05, 0.1) is 23.9 Å². The van der Waals surface area contributed by atoms with Crippen molar-refractivity contribution in [1.29, 1.82) is 0 Å². The summed E-state index contributed by atoms with van der Waals surface area (Å²) in [6, 6.07) is 21.3. The molecule has 5 rings (SSSR count). The Bertz CT molecular complexity index is 1680. The van der Waals surface area contributed by atoms with Crippen molar-refractivity contribution in [2.75, 3.05) is 11.9 Å². The highest BCUT2D eigenvalue weighted by molar-refractivity contribution is 9.10. The summed E-state index contributed by atoms with van der Waals surface area (Å²) in [6.45, 7) is -0.163. The molecular weight excluding hydrogens is 647 g/mol. The maximum absolute atomic E-state index is 13.5. The molecule has 0 radical (unpaired) electrons. The van der Waals surface area contributed by atoms with Crippen molar-refractivity contribution in [2.24, 2.45) is 10.2 Å². The molecule has 0 bridgehead atoms. The molecule has 0 spiro atoms. The van der Waals surface area contributed by atoms with Crippen molar-refractivity contribution >= 4 is 74.3 Å². The number of hydrogen-bond acceptors (Lipinski definition) is 7. The largest absolute Gasteiger partial charge is 0.483 e. The van der Waals surface area contributed by atoms with E-state index >= 15 is 0 Å². The summed E-state index contributed by atoms with van der Waals surface area (Å²) in [4.78, 5) is 27.7. The van der Waals surface area contributed by atoms with Gasteiger partial charge in [0, 0.05) is 20.7 Å². The lowest BCUT2D eigenvalue weighted by atomic mass is 10.2. The molecule has 1 N–H and O–H groups in total.